The van der Waals surface area contributed by atoms with Gasteiger partial charge in [0.1, 0.15) is 6.10 Å². The number of carbonyl (C=O) groups excluding carboxylic acids is 1. The molecule has 1 aliphatic rings. The van der Waals surface area contributed by atoms with Crippen molar-refractivity contribution in [2.45, 2.75) is 130 Å². The Morgan fingerprint density at radius 3 is 2.13 bits per heavy atom. The maximum atomic E-state index is 12.3. The summed E-state index contributed by atoms with van der Waals surface area (Å²) in [5.74, 6) is 1.88. The Hall–Kier alpha value is -1.05. The molecule has 0 aliphatic heterocycles. The molecule has 0 radical (unpaired) electrons. The first-order valence-electron chi connectivity index (χ1n) is 13.1. The zero-order valence-corrected chi connectivity index (χ0v) is 20.5. The molecule has 1 saturated carbocycles. The zero-order valence-electron chi connectivity index (χ0n) is 20.5. The lowest BCUT2D eigenvalue weighted by Crippen LogP contribution is -2.35. The molecule has 1 rings (SSSR count). The molecule has 0 aromatic rings. The molecular weight excluding hydrogens is 368 g/mol. The summed E-state index contributed by atoms with van der Waals surface area (Å²) in [5, 5.41) is 0. The number of unbranched alkanes of at least 4 members (excludes halogenated alkanes) is 9. The Morgan fingerprint density at radius 1 is 0.900 bits per heavy atom. The standard InChI is InChI=1S/C28H50O2/c1-5-6-7-8-9-10-11-12-13-14-15-16-17-18-19-20-28(29)30-27-23-25(4)21-22-26(27)24(2)3/h9-12,24-27H,5-8,13-23H2,1-4H3/b10-9-,12-11+. The minimum Gasteiger partial charge on any atom is -0.462 e. The maximum absolute atomic E-state index is 12.3. The highest BCUT2D eigenvalue weighted by atomic mass is 16.5. The number of esters is 1. The summed E-state index contributed by atoms with van der Waals surface area (Å²) in [6, 6.07) is 0. The Bertz CT molecular complexity index is 477. The van der Waals surface area contributed by atoms with Crippen LogP contribution >= 0.6 is 0 Å². The van der Waals surface area contributed by atoms with Crippen LogP contribution in [0.15, 0.2) is 24.3 Å². The predicted octanol–water partition coefficient (Wildman–Crippen LogP) is 8.80. The largest absolute Gasteiger partial charge is 0.462 e. The highest BCUT2D eigenvalue weighted by Crippen LogP contribution is 2.35. The summed E-state index contributed by atoms with van der Waals surface area (Å²) < 4.78 is 5.90. The van der Waals surface area contributed by atoms with E-state index in [4.69, 9.17) is 4.74 Å². The Kier molecular flexibility index (Phi) is 15.8. The third-order valence-corrected chi connectivity index (χ3v) is 6.60. The van der Waals surface area contributed by atoms with Crippen LogP contribution in [0.2, 0.25) is 0 Å². The number of ether oxygens (including phenoxy) is 1. The van der Waals surface area contributed by atoms with E-state index in [0.717, 1.165) is 19.3 Å². The highest BCUT2D eigenvalue weighted by molar-refractivity contribution is 5.69. The van der Waals surface area contributed by atoms with Gasteiger partial charge in [0.05, 0.1) is 0 Å². The molecular formula is C28H50O2. The molecule has 0 bridgehead atoms. The number of carbonyl (C=O) groups is 1. The van der Waals surface area contributed by atoms with Crippen LogP contribution in [-0.2, 0) is 9.53 Å². The van der Waals surface area contributed by atoms with Gasteiger partial charge in [-0.3, -0.25) is 4.79 Å². The van der Waals surface area contributed by atoms with Gasteiger partial charge in [-0.15, -0.1) is 0 Å². The van der Waals surface area contributed by atoms with E-state index in [2.05, 4.69) is 52.0 Å². The molecule has 0 spiro atoms. The van der Waals surface area contributed by atoms with E-state index in [1.54, 1.807) is 0 Å². The molecule has 0 aromatic carbocycles. The molecule has 0 heterocycles. The number of rotatable bonds is 16. The van der Waals surface area contributed by atoms with Crippen LogP contribution in [0.3, 0.4) is 0 Å². The second-order valence-electron chi connectivity index (χ2n) is 9.87. The van der Waals surface area contributed by atoms with Gasteiger partial charge >= 0.3 is 5.97 Å². The average molecular weight is 419 g/mol. The zero-order chi connectivity index (χ0) is 22.0. The van der Waals surface area contributed by atoms with Crippen molar-refractivity contribution in [1.29, 1.82) is 0 Å². The van der Waals surface area contributed by atoms with Crippen molar-refractivity contribution in [2.24, 2.45) is 17.8 Å². The van der Waals surface area contributed by atoms with Crippen LogP contribution in [0.4, 0.5) is 0 Å². The van der Waals surface area contributed by atoms with Crippen LogP contribution in [0, 0.1) is 17.8 Å². The fourth-order valence-corrected chi connectivity index (χ4v) is 4.58. The van der Waals surface area contributed by atoms with Gasteiger partial charge < -0.3 is 4.74 Å². The van der Waals surface area contributed by atoms with E-state index in [9.17, 15) is 4.79 Å². The molecule has 1 fully saturated rings. The molecule has 0 amide bonds. The van der Waals surface area contributed by atoms with Gasteiger partial charge in [-0.25, -0.2) is 0 Å². The topological polar surface area (TPSA) is 26.3 Å². The van der Waals surface area contributed by atoms with Gasteiger partial charge in [-0.2, -0.15) is 0 Å². The van der Waals surface area contributed by atoms with Crippen LogP contribution in [0.1, 0.15) is 124 Å². The van der Waals surface area contributed by atoms with Gasteiger partial charge in [-0.05, 0) is 62.7 Å². The second-order valence-corrected chi connectivity index (χ2v) is 9.87. The fourth-order valence-electron chi connectivity index (χ4n) is 4.58. The van der Waals surface area contributed by atoms with Crippen molar-refractivity contribution in [1.82, 2.24) is 0 Å². The van der Waals surface area contributed by atoms with Crippen LogP contribution in [0.5, 0.6) is 0 Å². The van der Waals surface area contributed by atoms with E-state index in [-0.39, 0.29) is 12.1 Å². The van der Waals surface area contributed by atoms with Crippen LogP contribution in [-0.4, -0.2) is 12.1 Å². The van der Waals surface area contributed by atoms with E-state index in [1.807, 2.05) is 0 Å². The third kappa shape index (κ3) is 13.3. The quantitative estimate of drug-likeness (QED) is 0.142. The Balaban J connectivity index is 1.99. The maximum Gasteiger partial charge on any atom is 0.306 e. The molecule has 174 valence electrons. The molecule has 3 atom stereocenters. The average Bonchev–Trinajstić information content (AvgIpc) is 2.70. The van der Waals surface area contributed by atoms with E-state index in [1.165, 1.54) is 70.6 Å². The highest BCUT2D eigenvalue weighted by Gasteiger charge is 2.33. The summed E-state index contributed by atoms with van der Waals surface area (Å²) in [7, 11) is 0. The third-order valence-electron chi connectivity index (χ3n) is 6.60. The molecule has 3 unspecified atom stereocenters. The number of allylic oxidation sites excluding steroid dienone is 4. The SMILES string of the molecule is CCCCC/C=C\C=C\CCCCCCCCC(=O)OC1CC(C)CCC1C(C)C. The summed E-state index contributed by atoms with van der Waals surface area (Å²) in [6.07, 6.45) is 26.9. The number of hydrogen-bond donors (Lipinski definition) is 0. The first-order valence-corrected chi connectivity index (χ1v) is 13.1. The van der Waals surface area contributed by atoms with Crippen molar-refractivity contribution in [3.05, 3.63) is 24.3 Å². The summed E-state index contributed by atoms with van der Waals surface area (Å²) >= 11 is 0. The van der Waals surface area contributed by atoms with E-state index < -0.39 is 0 Å². The van der Waals surface area contributed by atoms with Gasteiger partial charge in [-0.1, -0.05) is 96.9 Å². The molecule has 0 saturated heterocycles. The monoisotopic (exact) mass is 418 g/mol. The first kappa shape index (κ1) is 27.0. The summed E-state index contributed by atoms with van der Waals surface area (Å²) in [5.41, 5.74) is 0. The fraction of sp³-hybridized carbons (Fsp3) is 0.821. The van der Waals surface area contributed by atoms with Gasteiger partial charge in [0.25, 0.3) is 0 Å². The Labute approximate surface area is 187 Å². The molecule has 0 N–H and O–H groups in total. The summed E-state index contributed by atoms with van der Waals surface area (Å²) in [4.78, 5) is 12.3. The molecule has 1 aliphatic carbocycles. The molecule has 0 aromatic heterocycles. The van der Waals surface area contributed by atoms with Crippen LogP contribution in [0.25, 0.3) is 0 Å². The minimum atomic E-state index is 0.0348. The summed E-state index contributed by atoms with van der Waals surface area (Å²) in [6.45, 7) is 9.07. The lowest BCUT2D eigenvalue weighted by Gasteiger charge is -2.36. The van der Waals surface area contributed by atoms with E-state index >= 15 is 0 Å². The lowest BCUT2D eigenvalue weighted by atomic mass is 9.75. The Morgan fingerprint density at radius 2 is 1.50 bits per heavy atom. The van der Waals surface area contributed by atoms with Crippen molar-refractivity contribution in [2.75, 3.05) is 0 Å². The lowest BCUT2D eigenvalue weighted by molar-refractivity contribution is -0.156. The van der Waals surface area contributed by atoms with Gasteiger partial charge in [0.15, 0.2) is 0 Å². The molecule has 2 heteroatoms. The van der Waals surface area contributed by atoms with Crippen molar-refractivity contribution >= 4 is 5.97 Å². The molecule has 2 nitrogen and oxygen atoms in total. The second kappa shape index (κ2) is 17.6. The number of hydrogen-bond acceptors (Lipinski definition) is 2. The predicted molar refractivity (Wildman–Crippen MR) is 131 cm³/mol. The van der Waals surface area contributed by atoms with Crippen LogP contribution < -0.4 is 0 Å². The smallest absolute Gasteiger partial charge is 0.306 e. The first-order chi connectivity index (χ1) is 14.5. The van der Waals surface area contributed by atoms with Crippen molar-refractivity contribution in [3.8, 4) is 0 Å². The van der Waals surface area contributed by atoms with Crippen molar-refractivity contribution < 1.29 is 9.53 Å². The minimum absolute atomic E-state index is 0.0348. The van der Waals surface area contributed by atoms with Gasteiger partial charge in [0.2, 0.25) is 0 Å². The van der Waals surface area contributed by atoms with Gasteiger partial charge in [0, 0.05) is 6.42 Å². The normalized spacial score (nSPS) is 22.4. The van der Waals surface area contributed by atoms with Crippen molar-refractivity contribution in [3.63, 3.8) is 0 Å². The van der Waals surface area contributed by atoms with E-state index in [0.29, 0.717) is 24.2 Å². The molecule has 30 heavy (non-hydrogen) atoms.